The summed E-state index contributed by atoms with van der Waals surface area (Å²) in [4.78, 5) is 71.1. The van der Waals surface area contributed by atoms with Gasteiger partial charge in [0.05, 0.1) is 63.4 Å². The third kappa shape index (κ3) is 8.73. The Morgan fingerprint density at radius 1 is 0.726 bits per heavy atom. The minimum Gasteiger partial charge on any atom is -0.453 e. The molecule has 5 N–H and O–H groups in total. The minimum absolute atomic E-state index is 0.246. The largest absolute Gasteiger partial charge is 0.453 e. The number of imidazole rings is 2. The van der Waals surface area contributed by atoms with E-state index in [1.165, 1.54) is 21.1 Å². The average molecular weight is 841 g/mol. The molecule has 320 valence electrons. The van der Waals surface area contributed by atoms with E-state index < -0.39 is 42.3 Å². The number of ether oxygens (including phenoxy) is 3. The molecule has 62 heavy (non-hydrogen) atoms. The fourth-order valence-corrected chi connectivity index (χ4v) is 8.18. The van der Waals surface area contributed by atoms with Gasteiger partial charge in [-0.1, -0.05) is 78.9 Å². The molecule has 16 nitrogen and oxygen atoms in total. The number of aliphatic hydroxyl groups is 1. The Balaban J connectivity index is 0.950. The van der Waals surface area contributed by atoms with Crippen molar-refractivity contribution in [3.05, 3.63) is 121 Å². The molecule has 2 aliphatic heterocycles. The van der Waals surface area contributed by atoms with Gasteiger partial charge in [-0.3, -0.25) is 9.59 Å². The Labute approximate surface area is 357 Å². The third-order valence-electron chi connectivity index (χ3n) is 11.5. The van der Waals surface area contributed by atoms with Crippen LogP contribution in [0.4, 0.5) is 9.59 Å². The van der Waals surface area contributed by atoms with E-state index in [1.807, 2.05) is 36.4 Å². The molecule has 0 unspecified atom stereocenters. The Morgan fingerprint density at radius 3 is 1.98 bits per heavy atom. The molecule has 0 bridgehead atoms. The van der Waals surface area contributed by atoms with Gasteiger partial charge in [0.25, 0.3) is 5.91 Å². The van der Waals surface area contributed by atoms with Crippen molar-refractivity contribution in [3.8, 4) is 33.6 Å². The highest BCUT2D eigenvalue weighted by atomic mass is 16.5. The summed E-state index contributed by atoms with van der Waals surface area (Å²) in [5.74, 6) is 0.533. The Bertz CT molecular complexity index is 2560. The van der Waals surface area contributed by atoms with Crippen LogP contribution in [0, 0.1) is 0 Å². The maximum Gasteiger partial charge on any atom is 0.407 e. The van der Waals surface area contributed by atoms with E-state index in [-0.39, 0.29) is 18.6 Å². The summed E-state index contributed by atoms with van der Waals surface area (Å²) < 4.78 is 15.3. The van der Waals surface area contributed by atoms with Gasteiger partial charge in [-0.25, -0.2) is 19.6 Å². The molecule has 4 aromatic carbocycles. The summed E-state index contributed by atoms with van der Waals surface area (Å²) in [7, 11) is 2.47. The Morgan fingerprint density at radius 2 is 1.31 bits per heavy atom. The van der Waals surface area contributed by atoms with Crippen LogP contribution in [0.15, 0.2) is 103 Å². The van der Waals surface area contributed by atoms with Crippen molar-refractivity contribution in [1.82, 2.24) is 40.4 Å². The van der Waals surface area contributed by atoms with Crippen molar-refractivity contribution >= 4 is 34.8 Å². The molecule has 6 aromatic rings. The number of methoxy groups -OCH3 is 2. The third-order valence-corrected chi connectivity index (χ3v) is 11.5. The highest BCUT2D eigenvalue weighted by Crippen LogP contribution is 2.35. The second kappa shape index (κ2) is 18.3. The van der Waals surface area contributed by atoms with Crippen LogP contribution < -0.4 is 10.6 Å². The molecule has 2 fully saturated rings. The van der Waals surface area contributed by atoms with Crippen molar-refractivity contribution in [2.24, 2.45) is 0 Å². The number of carbonyl (C=O) groups excluding carboxylic acids is 4. The first-order chi connectivity index (χ1) is 30.1. The van der Waals surface area contributed by atoms with Crippen LogP contribution in [0.25, 0.3) is 44.4 Å². The van der Waals surface area contributed by atoms with Gasteiger partial charge >= 0.3 is 12.2 Å². The van der Waals surface area contributed by atoms with Crippen LogP contribution in [0.1, 0.15) is 55.1 Å². The Hall–Kier alpha value is -7.04. The van der Waals surface area contributed by atoms with E-state index in [4.69, 9.17) is 9.47 Å². The number of carbonyl (C=O) groups is 4. The van der Waals surface area contributed by atoms with Gasteiger partial charge in [-0.05, 0) is 64.9 Å². The minimum atomic E-state index is -1.14. The maximum absolute atomic E-state index is 14.0. The molecule has 0 radical (unpaired) electrons. The van der Waals surface area contributed by atoms with Gasteiger partial charge in [-0.2, -0.15) is 0 Å². The van der Waals surface area contributed by atoms with Gasteiger partial charge in [0.2, 0.25) is 5.91 Å². The van der Waals surface area contributed by atoms with Crippen molar-refractivity contribution in [3.63, 3.8) is 0 Å². The lowest BCUT2D eigenvalue weighted by Crippen LogP contribution is -2.53. The number of amides is 4. The number of hydrogen-bond donors (Lipinski definition) is 5. The number of aliphatic hydroxyl groups excluding tert-OH is 1. The predicted octanol–water partition coefficient (Wildman–Crippen LogP) is 6.05. The summed E-state index contributed by atoms with van der Waals surface area (Å²) in [6.45, 7) is 2.86. The first kappa shape index (κ1) is 41.7. The van der Waals surface area contributed by atoms with E-state index in [2.05, 4.69) is 77.8 Å². The average Bonchev–Trinajstić information content (AvgIpc) is 4.12. The summed E-state index contributed by atoms with van der Waals surface area (Å²) in [6.07, 6.45) is 2.37. The summed E-state index contributed by atoms with van der Waals surface area (Å²) >= 11 is 0. The van der Waals surface area contributed by atoms with Crippen LogP contribution in [0.2, 0.25) is 0 Å². The second-order valence-electron chi connectivity index (χ2n) is 15.4. The molecule has 2 saturated heterocycles. The van der Waals surface area contributed by atoms with Crippen molar-refractivity contribution in [1.29, 1.82) is 0 Å². The number of alkyl carbamates (subject to hydrolysis) is 2. The number of fused-ring (bicyclic) bond motifs is 1. The van der Waals surface area contributed by atoms with E-state index in [0.717, 1.165) is 50.8 Å². The number of nitrogens with zero attached hydrogens (tertiary/aromatic N) is 4. The predicted molar refractivity (Wildman–Crippen MR) is 229 cm³/mol. The van der Waals surface area contributed by atoms with E-state index >= 15 is 0 Å². The number of likely N-dealkylation sites (tertiary alicyclic amines) is 1. The van der Waals surface area contributed by atoms with Gasteiger partial charge in [0.15, 0.2) is 0 Å². The summed E-state index contributed by atoms with van der Waals surface area (Å²) in [6, 6.07) is 26.9. The fraction of sp³-hybridized carbons (Fsp3) is 0.304. The lowest BCUT2D eigenvalue weighted by molar-refractivity contribution is -0.143. The number of hydrogen-bond acceptors (Lipinski definition) is 10. The number of rotatable bonds is 11. The molecule has 5 atom stereocenters. The van der Waals surface area contributed by atoms with Gasteiger partial charge in [0, 0.05) is 18.7 Å². The van der Waals surface area contributed by atoms with Crippen LogP contribution in [-0.2, 0) is 23.8 Å². The number of aromatic amines is 2. The van der Waals surface area contributed by atoms with Crippen molar-refractivity contribution in [2.75, 3.05) is 40.5 Å². The molecular formula is C46H48N8O8. The van der Waals surface area contributed by atoms with Gasteiger partial charge in [-0.15, -0.1) is 0 Å². The highest BCUT2D eigenvalue weighted by Gasteiger charge is 2.39. The quantitative estimate of drug-likeness (QED) is 0.102. The van der Waals surface area contributed by atoms with E-state index in [1.54, 1.807) is 34.3 Å². The van der Waals surface area contributed by atoms with Crippen LogP contribution in [0.3, 0.4) is 0 Å². The zero-order valence-corrected chi connectivity index (χ0v) is 34.5. The molecule has 0 saturated carbocycles. The van der Waals surface area contributed by atoms with Crippen LogP contribution >= 0.6 is 0 Å². The lowest BCUT2D eigenvalue weighted by atomic mass is 9.98. The van der Waals surface area contributed by atoms with Crippen molar-refractivity contribution < 1.29 is 38.5 Å². The molecule has 16 heteroatoms. The van der Waals surface area contributed by atoms with Crippen LogP contribution in [0.5, 0.6) is 0 Å². The second-order valence-corrected chi connectivity index (χ2v) is 15.4. The van der Waals surface area contributed by atoms with Gasteiger partial charge in [0.1, 0.15) is 29.8 Å². The SMILES string of the molecule is COC(=O)N[C@H](C(=O)N1CCC[C@H]1c1ncc(-c2ccc3cc(-c4ccc(-c5cnc([C@@H]6COCCN6C(=O)[C@H](NC(=O)OC)c6ccccc6)[nH]5)cc4)ccc3c2)[nH]1)[C@@H](C)O. The van der Waals surface area contributed by atoms with E-state index in [0.29, 0.717) is 43.3 Å². The molecule has 0 aliphatic carbocycles. The molecule has 0 spiro atoms. The molecule has 4 amide bonds. The van der Waals surface area contributed by atoms with Gasteiger partial charge < -0.3 is 49.7 Å². The number of benzene rings is 4. The summed E-state index contributed by atoms with van der Waals surface area (Å²) in [5, 5.41) is 17.5. The topological polar surface area (TPSA) is 204 Å². The first-order valence-electron chi connectivity index (χ1n) is 20.5. The zero-order chi connectivity index (χ0) is 43.3. The lowest BCUT2D eigenvalue weighted by Gasteiger charge is -2.36. The first-order valence-corrected chi connectivity index (χ1v) is 20.5. The fourth-order valence-electron chi connectivity index (χ4n) is 8.18. The zero-order valence-electron chi connectivity index (χ0n) is 34.5. The molecular weight excluding hydrogens is 793 g/mol. The normalized spacial score (nSPS) is 17.9. The molecule has 8 rings (SSSR count). The van der Waals surface area contributed by atoms with Crippen molar-refractivity contribution in [2.45, 2.75) is 50.0 Å². The molecule has 2 aromatic heterocycles. The monoisotopic (exact) mass is 840 g/mol. The highest BCUT2D eigenvalue weighted by molar-refractivity contribution is 5.91. The standard InChI is InChI=1S/C46H48N8O8/c1-27(55)39(51-45(58)60-2)43(56)53-19-7-10-37(53)41-47-25-36(50-41)34-18-17-32-22-31(15-16-33(32)23-34)28-11-13-29(14-12-28)35-24-48-42(49-35)38-26-62-21-20-54(38)44(57)40(52-46(59)61-3)30-8-5-4-6-9-30/h4-6,8-9,11-18,22-25,27,37-40,55H,7,10,19-21,26H2,1-3H3,(H,47,50)(H,48,49)(H,51,58)(H,52,59)/t27-,37+,38+,39+,40-/m1/s1. The number of H-pyrrole nitrogens is 2. The molecule has 2 aliphatic rings. The van der Waals surface area contributed by atoms with Crippen LogP contribution in [-0.4, -0.2) is 112 Å². The maximum atomic E-state index is 14.0. The smallest absolute Gasteiger partial charge is 0.407 e. The number of morpholine rings is 1. The summed E-state index contributed by atoms with van der Waals surface area (Å²) in [5.41, 5.74) is 6.19. The number of nitrogens with one attached hydrogen (secondary N) is 4. The van der Waals surface area contributed by atoms with E-state index in [9.17, 15) is 24.3 Å². The molecule has 4 heterocycles. The Kier molecular flexibility index (Phi) is 12.3. The number of aromatic nitrogens is 4.